The molecule has 0 aromatic carbocycles. The molecule has 0 saturated heterocycles. The highest BCUT2D eigenvalue weighted by Crippen LogP contribution is 2.13. The van der Waals surface area contributed by atoms with E-state index in [-0.39, 0.29) is 0 Å². The Hall–Kier alpha value is 0.0249. The molecule has 10 heavy (non-hydrogen) atoms. The Bertz CT molecular complexity index is 58.3. The van der Waals surface area contributed by atoms with Gasteiger partial charge in [-0.15, -0.1) is 0 Å². The van der Waals surface area contributed by atoms with E-state index in [4.69, 9.17) is 5.02 Å². The summed E-state index contributed by atoms with van der Waals surface area (Å²) in [5.74, 6) is 0.812. The maximum absolute atomic E-state index is 8.54. The van der Waals surface area contributed by atoms with E-state index in [1.807, 2.05) is 0 Å². The van der Waals surface area contributed by atoms with Crippen LogP contribution in [0, 0.1) is 5.92 Å². The molecule has 0 aliphatic rings. The van der Waals surface area contributed by atoms with E-state index in [2.05, 4.69) is 13.8 Å². The minimum Gasteiger partial charge on any atom is -0.454 e. The van der Waals surface area contributed by atoms with Crippen LogP contribution in [0.2, 0.25) is 6.32 Å². The van der Waals surface area contributed by atoms with Crippen molar-refractivity contribution in [1.82, 2.24) is 0 Å². The Balaban J connectivity index is 3.00. The summed E-state index contributed by atoms with van der Waals surface area (Å²) >= 11 is 0. The van der Waals surface area contributed by atoms with Crippen molar-refractivity contribution in [3.8, 4) is 0 Å². The molecule has 0 bridgehead atoms. The van der Waals surface area contributed by atoms with Gasteiger partial charge in [-0.05, 0) is 5.92 Å². The molecule has 2 heteroatoms. The number of hydrogen-bond donors (Lipinski definition) is 1. The summed E-state index contributed by atoms with van der Waals surface area (Å²) in [6, 6.07) is 0. The molecule has 1 N–H and O–H groups in total. The van der Waals surface area contributed by atoms with Gasteiger partial charge >= 0.3 is 0 Å². The van der Waals surface area contributed by atoms with Gasteiger partial charge in [0.05, 0.1) is 0 Å². The van der Waals surface area contributed by atoms with Crippen LogP contribution in [-0.2, 0) is 0 Å². The first-order chi connectivity index (χ1) is 4.81. The van der Waals surface area contributed by atoms with Gasteiger partial charge in [0.25, 0.3) is 7.48 Å². The lowest BCUT2D eigenvalue weighted by atomic mass is 9.87. The van der Waals surface area contributed by atoms with E-state index >= 15 is 0 Å². The van der Waals surface area contributed by atoms with Gasteiger partial charge in [-0.1, -0.05) is 45.9 Å². The van der Waals surface area contributed by atoms with Crippen LogP contribution in [-0.4, -0.2) is 12.5 Å². The van der Waals surface area contributed by atoms with Crippen molar-refractivity contribution in [2.45, 2.75) is 45.9 Å². The van der Waals surface area contributed by atoms with Crippen LogP contribution in [0.15, 0.2) is 0 Å². The summed E-state index contributed by atoms with van der Waals surface area (Å²) in [6.07, 6.45) is 6.13. The molecule has 0 aromatic heterocycles. The molecule has 1 atom stereocenters. The van der Waals surface area contributed by atoms with E-state index in [1.54, 1.807) is 0 Å². The van der Waals surface area contributed by atoms with Crippen LogP contribution >= 0.6 is 0 Å². The monoisotopic (exact) mass is 142 g/mol. The largest absolute Gasteiger partial charge is 0.454 e. The van der Waals surface area contributed by atoms with Crippen LogP contribution in [0.4, 0.5) is 0 Å². The number of unbranched alkanes of at least 4 members (excludes halogenated alkanes) is 1. The summed E-state index contributed by atoms with van der Waals surface area (Å²) in [6.45, 7) is 4.49. The molecule has 60 valence electrons. The Morgan fingerprint density at radius 1 is 1.40 bits per heavy atom. The fourth-order valence-corrected chi connectivity index (χ4v) is 1.14. The van der Waals surface area contributed by atoms with Gasteiger partial charge in [-0.25, -0.2) is 0 Å². The third kappa shape index (κ3) is 6.15. The normalized spacial score (nSPS) is 13.1. The van der Waals surface area contributed by atoms with Crippen molar-refractivity contribution >= 4 is 7.48 Å². The molecule has 0 rings (SSSR count). The summed E-state index contributed by atoms with van der Waals surface area (Å²) < 4.78 is 0. The molecule has 1 unspecified atom stereocenters. The van der Waals surface area contributed by atoms with E-state index in [9.17, 15) is 0 Å². The smallest absolute Gasteiger partial charge is 0.270 e. The topological polar surface area (TPSA) is 20.2 Å². The second-order valence-electron chi connectivity index (χ2n) is 3.11. The molecule has 0 aliphatic heterocycles. The summed E-state index contributed by atoms with van der Waals surface area (Å²) in [5, 5.41) is 8.54. The zero-order valence-corrected chi connectivity index (χ0v) is 7.27. The first kappa shape index (κ1) is 10.0. The van der Waals surface area contributed by atoms with Crippen LogP contribution in [0.3, 0.4) is 0 Å². The van der Waals surface area contributed by atoms with Gasteiger partial charge in [-0.3, -0.25) is 0 Å². The zero-order chi connectivity index (χ0) is 7.82. The highest BCUT2D eigenvalue weighted by Gasteiger charge is 1.99. The van der Waals surface area contributed by atoms with E-state index < -0.39 is 0 Å². The van der Waals surface area contributed by atoms with Crippen LogP contribution in [0.1, 0.15) is 39.5 Å². The molecular weight excluding hydrogens is 123 g/mol. The highest BCUT2D eigenvalue weighted by molar-refractivity contribution is 6.25. The van der Waals surface area contributed by atoms with Crippen molar-refractivity contribution in [1.29, 1.82) is 0 Å². The van der Waals surface area contributed by atoms with Gasteiger partial charge in [0.1, 0.15) is 0 Å². The Morgan fingerprint density at radius 2 is 2.10 bits per heavy atom. The molecule has 0 saturated carbocycles. The molecule has 0 fully saturated rings. The zero-order valence-electron chi connectivity index (χ0n) is 7.27. The third-order valence-corrected chi connectivity index (χ3v) is 1.91. The molecule has 0 heterocycles. The lowest BCUT2D eigenvalue weighted by Crippen LogP contribution is -1.96. The minimum atomic E-state index is 0.358. The lowest BCUT2D eigenvalue weighted by molar-refractivity contribution is 0.482. The summed E-state index contributed by atoms with van der Waals surface area (Å²) in [7, 11) is 0.358. The molecule has 0 spiro atoms. The second-order valence-corrected chi connectivity index (χ2v) is 3.11. The molecule has 0 aliphatic carbocycles. The fourth-order valence-electron chi connectivity index (χ4n) is 1.14. The SMILES string of the molecule is CCCCC(C)CCBO. The van der Waals surface area contributed by atoms with Gasteiger partial charge in [0.2, 0.25) is 0 Å². The summed E-state index contributed by atoms with van der Waals surface area (Å²) in [4.78, 5) is 0. The van der Waals surface area contributed by atoms with Crippen LogP contribution in [0.25, 0.3) is 0 Å². The van der Waals surface area contributed by atoms with Crippen molar-refractivity contribution < 1.29 is 5.02 Å². The Kier molecular flexibility index (Phi) is 7.15. The summed E-state index contributed by atoms with van der Waals surface area (Å²) in [5.41, 5.74) is 0. The Labute approximate surface area is 65.1 Å². The van der Waals surface area contributed by atoms with E-state index in [1.165, 1.54) is 25.7 Å². The average molecular weight is 142 g/mol. The molecule has 0 amide bonds. The lowest BCUT2D eigenvalue weighted by Gasteiger charge is -2.07. The van der Waals surface area contributed by atoms with E-state index in [0.29, 0.717) is 7.48 Å². The first-order valence-corrected chi connectivity index (χ1v) is 4.42. The van der Waals surface area contributed by atoms with Crippen LogP contribution < -0.4 is 0 Å². The molecular formula is C8H19BO. The fraction of sp³-hybridized carbons (Fsp3) is 1.00. The van der Waals surface area contributed by atoms with Gasteiger partial charge < -0.3 is 5.02 Å². The molecule has 1 nitrogen and oxygen atoms in total. The van der Waals surface area contributed by atoms with Crippen molar-refractivity contribution in [3.63, 3.8) is 0 Å². The van der Waals surface area contributed by atoms with Crippen molar-refractivity contribution in [2.24, 2.45) is 5.92 Å². The standard InChI is InChI=1S/C8H19BO/c1-3-4-5-8(2)6-7-9-10/h8-10H,3-7H2,1-2H3. The van der Waals surface area contributed by atoms with E-state index in [0.717, 1.165) is 12.2 Å². The quantitative estimate of drug-likeness (QED) is 0.562. The highest BCUT2D eigenvalue weighted by atomic mass is 16.2. The van der Waals surface area contributed by atoms with Crippen molar-refractivity contribution in [2.75, 3.05) is 0 Å². The average Bonchev–Trinajstić information content (AvgIpc) is 1.97. The maximum Gasteiger partial charge on any atom is 0.270 e. The van der Waals surface area contributed by atoms with Gasteiger partial charge in [0.15, 0.2) is 0 Å². The predicted molar refractivity (Wildman–Crippen MR) is 47.5 cm³/mol. The molecule has 0 radical (unpaired) electrons. The maximum atomic E-state index is 8.54. The third-order valence-electron chi connectivity index (χ3n) is 1.91. The second kappa shape index (κ2) is 7.14. The molecule has 0 aromatic rings. The number of hydrogen-bond acceptors (Lipinski definition) is 1. The van der Waals surface area contributed by atoms with Crippen molar-refractivity contribution in [3.05, 3.63) is 0 Å². The minimum absolute atomic E-state index is 0.358. The Morgan fingerprint density at radius 3 is 2.60 bits per heavy atom. The van der Waals surface area contributed by atoms with Gasteiger partial charge in [-0.2, -0.15) is 0 Å². The van der Waals surface area contributed by atoms with Crippen LogP contribution in [0.5, 0.6) is 0 Å². The number of rotatable bonds is 6. The van der Waals surface area contributed by atoms with Gasteiger partial charge in [0, 0.05) is 0 Å². The first-order valence-electron chi connectivity index (χ1n) is 4.42. The predicted octanol–water partition coefficient (Wildman–Crippen LogP) is 1.96.